The molecule has 4 nitrogen and oxygen atoms in total. The summed E-state index contributed by atoms with van der Waals surface area (Å²) >= 11 is 3.37. The van der Waals surface area contributed by atoms with Crippen molar-refractivity contribution in [3.05, 3.63) is 75.7 Å². The molecule has 0 saturated heterocycles. The fourth-order valence-electron chi connectivity index (χ4n) is 3.35. The van der Waals surface area contributed by atoms with Crippen molar-refractivity contribution in [2.45, 2.75) is 12.3 Å². The first kappa shape index (κ1) is 16.0. The standard InChI is InChI=1S/C19H13BrFNO3/c20-12-4-6-14(7-5-12)22-16-10-25-19(24)18(16)15(9-17(22)23)11-2-1-3-13(21)8-11/h1-8,15H,9-10H2. The summed E-state index contributed by atoms with van der Waals surface area (Å²) in [7, 11) is 0. The molecule has 4 rings (SSSR count). The zero-order valence-electron chi connectivity index (χ0n) is 13.0. The largest absolute Gasteiger partial charge is 0.456 e. The number of rotatable bonds is 2. The molecule has 2 aromatic rings. The topological polar surface area (TPSA) is 46.6 Å². The van der Waals surface area contributed by atoms with Gasteiger partial charge in [-0.05, 0) is 42.0 Å². The molecule has 1 amide bonds. The van der Waals surface area contributed by atoms with E-state index in [-0.39, 0.29) is 18.9 Å². The number of cyclic esters (lactones) is 1. The van der Waals surface area contributed by atoms with Crippen LogP contribution in [0.5, 0.6) is 0 Å². The number of hydrogen-bond acceptors (Lipinski definition) is 3. The van der Waals surface area contributed by atoms with Crippen LogP contribution in [-0.2, 0) is 14.3 Å². The number of carbonyl (C=O) groups excluding carboxylic acids is 2. The summed E-state index contributed by atoms with van der Waals surface area (Å²) in [5.41, 5.74) is 2.26. The monoisotopic (exact) mass is 401 g/mol. The molecule has 2 aromatic carbocycles. The van der Waals surface area contributed by atoms with Gasteiger partial charge in [0.1, 0.15) is 12.4 Å². The number of anilines is 1. The molecule has 0 bridgehead atoms. The van der Waals surface area contributed by atoms with Crippen molar-refractivity contribution in [2.75, 3.05) is 11.5 Å². The molecule has 0 radical (unpaired) electrons. The van der Waals surface area contributed by atoms with Crippen molar-refractivity contribution < 1.29 is 18.7 Å². The Balaban J connectivity index is 1.83. The number of halogens is 2. The van der Waals surface area contributed by atoms with Crippen molar-refractivity contribution in [3.8, 4) is 0 Å². The number of hydrogen-bond donors (Lipinski definition) is 0. The maximum atomic E-state index is 13.6. The van der Waals surface area contributed by atoms with Gasteiger partial charge in [0.2, 0.25) is 5.91 Å². The Bertz CT molecular complexity index is 907. The van der Waals surface area contributed by atoms with Gasteiger partial charge in [0.05, 0.1) is 11.3 Å². The van der Waals surface area contributed by atoms with Crippen LogP contribution in [0.1, 0.15) is 17.9 Å². The van der Waals surface area contributed by atoms with Crippen LogP contribution in [-0.4, -0.2) is 18.5 Å². The van der Waals surface area contributed by atoms with Gasteiger partial charge in [0.25, 0.3) is 0 Å². The van der Waals surface area contributed by atoms with Crippen molar-refractivity contribution in [3.63, 3.8) is 0 Å². The van der Waals surface area contributed by atoms with Crippen LogP contribution >= 0.6 is 15.9 Å². The molecule has 1 atom stereocenters. The quantitative estimate of drug-likeness (QED) is 0.716. The lowest BCUT2D eigenvalue weighted by atomic mass is 9.84. The Kier molecular flexibility index (Phi) is 3.92. The molecule has 25 heavy (non-hydrogen) atoms. The molecule has 0 saturated carbocycles. The number of esters is 1. The van der Waals surface area contributed by atoms with E-state index >= 15 is 0 Å². The van der Waals surface area contributed by atoms with E-state index in [2.05, 4.69) is 15.9 Å². The lowest BCUT2D eigenvalue weighted by Gasteiger charge is -2.31. The highest BCUT2D eigenvalue weighted by Gasteiger charge is 2.42. The summed E-state index contributed by atoms with van der Waals surface area (Å²) in [4.78, 5) is 26.6. The molecule has 6 heteroatoms. The van der Waals surface area contributed by atoms with Crippen LogP contribution in [0.25, 0.3) is 0 Å². The first-order valence-electron chi connectivity index (χ1n) is 7.79. The Morgan fingerprint density at radius 2 is 1.88 bits per heavy atom. The van der Waals surface area contributed by atoms with E-state index < -0.39 is 17.7 Å². The van der Waals surface area contributed by atoms with Gasteiger partial charge in [0, 0.05) is 22.5 Å². The van der Waals surface area contributed by atoms with E-state index in [0.29, 0.717) is 22.5 Å². The summed E-state index contributed by atoms with van der Waals surface area (Å²) in [5.74, 6) is -1.47. The van der Waals surface area contributed by atoms with Gasteiger partial charge in [-0.2, -0.15) is 0 Å². The average molecular weight is 402 g/mol. The maximum Gasteiger partial charge on any atom is 0.336 e. The van der Waals surface area contributed by atoms with Gasteiger partial charge in [-0.3, -0.25) is 9.69 Å². The Morgan fingerprint density at radius 3 is 2.60 bits per heavy atom. The average Bonchev–Trinajstić information content (AvgIpc) is 2.97. The van der Waals surface area contributed by atoms with Crippen LogP contribution in [0.2, 0.25) is 0 Å². The van der Waals surface area contributed by atoms with E-state index in [1.807, 2.05) is 12.1 Å². The van der Waals surface area contributed by atoms with E-state index in [1.54, 1.807) is 24.3 Å². The third-order valence-corrected chi connectivity index (χ3v) is 4.98. The number of nitrogens with zero attached hydrogens (tertiary/aromatic N) is 1. The Morgan fingerprint density at radius 1 is 1.12 bits per heavy atom. The smallest absolute Gasteiger partial charge is 0.336 e. The van der Waals surface area contributed by atoms with Gasteiger partial charge < -0.3 is 4.74 Å². The third-order valence-electron chi connectivity index (χ3n) is 4.45. The molecule has 2 heterocycles. The zero-order valence-corrected chi connectivity index (χ0v) is 14.6. The highest BCUT2D eigenvalue weighted by Crippen LogP contribution is 2.42. The number of benzene rings is 2. The third kappa shape index (κ3) is 2.76. The predicted molar refractivity (Wildman–Crippen MR) is 93.4 cm³/mol. The highest BCUT2D eigenvalue weighted by molar-refractivity contribution is 9.10. The molecular formula is C19H13BrFNO3. The summed E-state index contributed by atoms with van der Waals surface area (Å²) in [6.07, 6.45) is 0.0907. The van der Waals surface area contributed by atoms with Gasteiger partial charge in [-0.1, -0.05) is 28.1 Å². The number of carbonyl (C=O) groups is 2. The van der Waals surface area contributed by atoms with E-state index in [9.17, 15) is 14.0 Å². The van der Waals surface area contributed by atoms with E-state index in [4.69, 9.17) is 4.74 Å². The van der Waals surface area contributed by atoms with Crippen LogP contribution in [0.15, 0.2) is 64.3 Å². The highest BCUT2D eigenvalue weighted by atomic mass is 79.9. The van der Waals surface area contributed by atoms with Gasteiger partial charge in [-0.15, -0.1) is 0 Å². The van der Waals surface area contributed by atoms with Crippen LogP contribution in [0, 0.1) is 5.82 Å². The van der Waals surface area contributed by atoms with E-state index in [0.717, 1.165) is 4.47 Å². The summed E-state index contributed by atoms with van der Waals surface area (Å²) in [6.45, 7) is 0.0434. The first-order valence-corrected chi connectivity index (χ1v) is 8.58. The molecule has 0 aliphatic carbocycles. The zero-order chi connectivity index (χ0) is 17.6. The molecule has 0 spiro atoms. The Hall–Kier alpha value is -2.47. The summed E-state index contributed by atoms with van der Waals surface area (Å²) in [5, 5.41) is 0. The minimum atomic E-state index is -0.486. The minimum absolute atomic E-state index is 0.0434. The summed E-state index contributed by atoms with van der Waals surface area (Å²) in [6, 6.07) is 13.3. The van der Waals surface area contributed by atoms with Crippen molar-refractivity contribution >= 4 is 33.5 Å². The van der Waals surface area contributed by atoms with Crippen LogP contribution < -0.4 is 4.90 Å². The molecule has 0 aromatic heterocycles. The molecular weight excluding hydrogens is 389 g/mol. The van der Waals surface area contributed by atoms with Crippen molar-refractivity contribution in [1.82, 2.24) is 0 Å². The Labute approximate surface area is 152 Å². The van der Waals surface area contributed by atoms with E-state index in [1.165, 1.54) is 17.0 Å². The molecule has 126 valence electrons. The lowest BCUT2D eigenvalue weighted by molar-refractivity contribution is -0.136. The second kappa shape index (κ2) is 6.11. The molecule has 2 aliphatic heterocycles. The second-order valence-corrected chi connectivity index (χ2v) is 6.87. The molecule has 0 fully saturated rings. The second-order valence-electron chi connectivity index (χ2n) is 5.95. The minimum Gasteiger partial charge on any atom is -0.456 e. The predicted octanol–water partition coefficient (Wildman–Crippen LogP) is 3.92. The van der Waals surface area contributed by atoms with Gasteiger partial charge in [0.15, 0.2) is 0 Å². The lowest BCUT2D eigenvalue weighted by Crippen LogP contribution is -2.37. The fourth-order valence-corrected chi connectivity index (χ4v) is 3.62. The molecule has 1 unspecified atom stereocenters. The molecule has 2 aliphatic rings. The fraction of sp³-hybridized carbons (Fsp3) is 0.158. The molecule has 0 N–H and O–H groups in total. The number of ether oxygens (including phenoxy) is 1. The van der Waals surface area contributed by atoms with Crippen LogP contribution in [0.4, 0.5) is 10.1 Å². The van der Waals surface area contributed by atoms with Gasteiger partial charge >= 0.3 is 5.97 Å². The van der Waals surface area contributed by atoms with Gasteiger partial charge in [-0.25, -0.2) is 9.18 Å². The van der Waals surface area contributed by atoms with Crippen molar-refractivity contribution in [2.24, 2.45) is 0 Å². The number of amides is 1. The van der Waals surface area contributed by atoms with Crippen LogP contribution in [0.3, 0.4) is 0 Å². The SMILES string of the molecule is O=C1OCC2=C1C(c1cccc(F)c1)CC(=O)N2c1ccc(Br)cc1. The normalized spacial score (nSPS) is 19.9. The van der Waals surface area contributed by atoms with Crippen molar-refractivity contribution in [1.29, 1.82) is 0 Å². The summed E-state index contributed by atoms with van der Waals surface area (Å²) < 4.78 is 19.7. The first-order chi connectivity index (χ1) is 12.0. The maximum absolute atomic E-state index is 13.6.